The van der Waals surface area contributed by atoms with Crippen molar-refractivity contribution in [3.05, 3.63) is 16.6 Å². The molecular weight excluding hydrogens is 184 g/mol. The lowest BCUT2D eigenvalue weighted by atomic mass is 10.3. The average molecular weight is 198 g/mol. The second-order valence-corrected chi connectivity index (χ2v) is 3.94. The Balaban J connectivity index is 2.40. The Morgan fingerprint density at radius 1 is 1.69 bits per heavy atom. The third-order valence-electron chi connectivity index (χ3n) is 1.68. The Bertz CT molecular complexity index is 283. The zero-order valence-corrected chi connectivity index (χ0v) is 8.78. The van der Waals surface area contributed by atoms with Crippen LogP contribution in [0, 0.1) is 6.92 Å². The quantitative estimate of drug-likeness (QED) is 0.752. The summed E-state index contributed by atoms with van der Waals surface area (Å²) >= 11 is 1.36. The van der Waals surface area contributed by atoms with Crippen molar-refractivity contribution >= 4 is 17.4 Å². The third-order valence-corrected chi connectivity index (χ3v) is 2.37. The molecule has 3 nitrogen and oxygen atoms in total. The highest BCUT2D eigenvalue weighted by Crippen LogP contribution is 2.07. The summed E-state index contributed by atoms with van der Waals surface area (Å²) in [4.78, 5) is 12.4. The largest absolute Gasteiger partial charge is 0.351 e. The molecule has 1 aromatic heterocycles. The van der Waals surface area contributed by atoms with Gasteiger partial charge in [-0.15, -0.1) is 0 Å². The van der Waals surface area contributed by atoms with Crippen LogP contribution in [-0.2, 0) is 0 Å². The molecule has 0 aromatic carbocycles. The molecule has 1 N–H and O–H groups in total. The summed E-state index contributed by atoms with van der Waals surface area (Å²) in [6.07, 6.45) is 2.12. The zero-order valence-electron chi connectivity index (χ0n) is 7.96. The van der Waals surface area contributed by atoms with Gasteiger partial charge in [-0.05, 0) is 30.9 Å². The fraction of sp³-hybridized carbons (Fsp3) is 0.556. The van der Waals surface area contributed by atoms with Gasteiger partial charge < -0.3 is 5.32 Å². The van der Waals surface area contributed by atoms with E-state index in [0.717, 1.165) is 24.3 Å². The van der Waals surface area contributed by atoms with Crippen molar-refractivity contribution in [1.29, 1.82) is 0 Å². The van der Waals surface area contributed by atoms with E-state index in [0.29, 0.717) is 5.69 Å². The highest BCUT2D eigenvalue weighted by molar-refractivity contribution is 7.05. The summed E-state index contributed by atoms with van der Waals surface area (Å²) in [5.74, 6) is -0.0576. The van der Waals surface area contributed by atoms with Crippen molar-refractivity contribution in [2.75, 3.05) is 6.54 Å². The lowest BCUT2D eigenvalue weighted by molar-refractivity contribution is 0.0949. The summed E-state index contributed by atoms with van der Waals surface area (Å²) in [6, 6.07) is 1.81. The SMILES string of the molecule is CCCCNC(=O)c1cc(C)sn1. The molecule has 1 heterocycles. The fourth-order valence-electron chi connectivity index (χ4n) is 0.943. The number of nitrogens with zero attached hydrogens (tertiary/aromatic N) is 1. The van der Waals surface area contributed by atoms with Gasteiger partial charge in [0, 0.05) is 11.4 Å². The van der Waals surface area contributed by atoms with Crippen LogP contribution in [-0.4, -0.2) is 16.8 Å². The maximum absolute atomic E-state index is 11.4. The van der Waals surface area contributed by atoms with Crippen molar-refractivity contribution in [3.63, 3.8) is 0 Å². The molecule has 0 saturated carbocycles. The van der Waals surface area contributed by atoms with Crippen molar-refractivity contribution in [2.45, 2.75) is 26.7 Å². The van der Waals surface area contributed by atoms with E-state index in [4.69, 9.17) is 0 Å². The van der Waals surface area contributed by atoms with Gasteiger partial charge in [-0.3, -0.25) is 4.79 Å². The van der Waals surface area contributed by atoms with Crippen LogP contribution >= 0.6 is 11.5 Å². The smallest absolute Gasteiger partial charge is 0.270 e. The maximum Gasteiger partial charge on any atom is 0.270 e. The number of rotatable bonds is 4. The predicted molar refractivity (Wildman–Crippen MR) is 54.1 cm³/mol. The van der Waals surface area contributed by atoms with Crippen LogP contribution in [0.5, 0.6) is 0 Å². The summed E-state index contributed by atoms with van der Waals surface area (Å²) in [5, 5.41) is 2.82. The molecular formula is C9H14N2OS. The molecule has 0 bridgehead atoms. The van der Waals surface area contributed by atoms with Gasteiger partial charge in [-0.25, -0.2) is 0 Å². The van der Waals surface area contributed by atoms with E-state index in [2.05, 4.69) is 16.6 Å². The third kappa shape index (κ3) is 3.14. The van der Waals surface area contributed by atoms with Gasteiger partial charge >= 0.3 is 0 Å². The molecule has 0 saturated heterocycles. The lowest BCUT2D eigenvalue weighted by Crippen LogP contribution is -2.24. The van der Waals surface area contributed by atoms with Crippen molar-refractivity contribution in [1.82, 2.24) is 9.69 Å². The lowest BCUT2D eigenvalue weighted by Gasteiger charge is -1.99. The van der Waals surface area contributed by atoms with Crippen LogP contribution in [0.3, 0.4) is 0 Å². The molecule has 0 spiro atoms. The number of nitrogens with one attached hydrogen (secondary N) is 1. The number of aryl methyl sites for hydroxylation is 1. The molecule has 72 valence electrons. The molecule has 0 fully saturated rings. The summed E-state index contributed by atoms with van der Waals surface area (Å²) in [6.45, 7) is 4.78. The van der Waals surface area contributed by atoms with Gasteiger partial charge in [0.25, 0.3) is 5.91 Å². The highest BCUT2D eigenvalue weighted by atomic mass is 32.1. The molecule has 1 rings (SSSR count). The number of hydrogen-bond acceptors (Lipinski definition) is 3. The molecule has 1 amide bonds. The van der Waals surface area contributed by atoms with Crippen molar-refractivity contribution in [3.8, 4) is 0 Å². The number of carbonyl (C=O) groups is 1. The van der Waals surface area contributed by atoms with E-state index in [-0.39, 0.29) is 5.91 Å². The van der Waals surface area contributed by atoms with Gasteiger partial charge in [0.15, 0.2) is 0 Å². The molecule has 4 heteroatoms. The van der Waals surface area contributed by atoms with E-state index in [1.165, 1.54) is 11.5 Å². The van der Waals surface area contributed by atoms with Gasteiger partial charge in [-0.1, -0.05) is 13.3 Å². The van der Waals surface area contributed by atoms with E-state index in [9.17, 15) is 4.79 Å². The Hall–Kier alpha value is -0.900. The molecule has 0 atom stereocenters. The van der Waals surface area contributed by atoms with Crippen LogP contribution in [0.15, 0.2) is 6.07 Å². The van der Waals surface area contributed by atoms with Crippen LogP contribution in [0.1, 0.15) is 35.1 Å². The first kappa shape index (κ1) is 10.2. The monoisotopic (exact) mass is 198 g/mol. The van der Waals surface area contributed by atoms with Crippen LogP contribution in [0.25, 0.3) is 0 Å². The summed E-state index contributed by atoms with van der Waals surface area (Å²) < 4.78 is 4.02. The van der Waals surface area contributed by atoms with E-state index in [1.54, 1.807) is 0 Å². The minimum atomic E-state index is -0.0576. The minimum Gasteiger partial charge on any atom is -0.351 e. The van der Waals surface area contributed by atoms with Gasteiger partial charge in [0.1, 0.15) is 5.69 Å². The Morgan fingerprint density at radius 2 is 2.46 bits per heavy atom. The minimum absolute atomic E-state index is 0.0576. The molecule has 0 aliphatic carbocycles. The topological polar surface area (TPSA) is 42.0 Å². The van der Waals surface area contributed by atoms with Crippen LogP contribution in [0.2, 0.25) is 0 Å². The number of aromatic nitrogens is 1. The zero-order chi connectivity index (χ0) is 9.68. The number of hydrogen-bond donors (Lipinski definition) is 1. The average Bonchev–Trinajstić information content (AvgIpc) is 2.52. The van der Waals surface area contributed by atoms with Gasteiger partial charge in [0.2, 0.25) is 0 Å². The predicted octanol–water partition coefficient (Wildman–Crippen LogP) is 1.98. The number of carbonyl (C=O) groups excluding carboxylic acids is 1. The first-order valence-corrected chi connectivity index (χ1v) is 5.23. The number of amides is 1. The van der Waals surface area contributed by atoms with Gasteiger partial charge in [-0.2, -0.15) is 4.37 Å². The molecule has 13 heavy (non-hydrogen) atoms. The fourth-order valence-corrected chi connectivity index (χ4v) is 1.48. The Morgan fingerprint density at radius 3 is 3.00 bits per heavy atom. The first-order chi connectivity index (χ1) is 6.24. The normalized spacial score (nSPS) is 10.0. The molecule has 0 aliphatic rings. The number of unbranched alkanes of at least 4 members (excludes halogenated alkanes) is 1. The Kier molecular flexibility index (Phi) is 3.89. The van der Waals surface area contributed by atoms with E-state index >= 15 is 0 Å². The van der Waals surface area contributed by atoms with E-state index in [1.807, 2.05) is 13.0 Å². The standard InChI is InChI=1S/C9H14N2OS/c1-3-4-5-10-9(12)8-6-7(2)13-11-8/h6H,3-5H2,1-2H3,(H,10,12). The molecule has 0 radical (unpaired) electrons. The molecule has 0 aliphatic heterocycles. The summed E-state index contributed by atoms with van der Waals surface area (Å²) in [5.41, 5.74) is 0.540. The molecule has 0 unspecified atom stereocenters. The maximum atomic E-state index is 11.4. The van der Waals surface area contributed by atoms with E-state index < -0.39 is 0 Å². The van der Waals surface area contributed by atoms with Gasteiger partial charge in [0.05, 0.1) is 0 Å². The first-order valence-electron chi connectivity index (χ1n) is 4.45. The van der Waals surface area contributed by atoms with Crippen LogP contribution < -0.4 is 5.32 Å². The second kappa shape index (κ2) is 4.97. The second-order valence-electron chi connectivity index (χ2n) is 2.93. The highest BCUT2D eigenvalue weighted by Gasteiger charge is 2.07. The van der Waals surface area contributed by atoms with Crippen LogP contribution in [0.4, 0.5) is 0 Å². The van der Waals surface area contributed by atoms with Crippen molar-refractivity contribution < 1.29 is 4.79 Å². The van der Waals surface area contributed by atoms with Crippen molar-refractivity contribution in [2.24, 2.45) is 0 Å². The Labute approximate surface area is 82.3 Å². The molecule has 1 aromatic rings. The summed E-state index contributed by atoms with van der Waals surface area (Å²) in [7, 11) is 0.